The van der Waals surface area contributed by atoms with Gasteiger partial charge in [0.05, 0.1) is 28.2 Å². The van der Waals surface area contributed by atoms with Gasteiger partial charge in [-0.2, -0.15) is 0 Å². The number of thioether (sulfide) groups is 1. The van der Waals surface area contributed by atoms with E-state index in [0.717, 1.165) is 20.8 Å². The second kappa shape index (κ2) is 9.13. The Morgan fingerprint density at radius 1 is 1.03 bits per heavy atom. The minimum Gasteiger partial charge on any atom is -0.281 e. The maximum atomic E-state index is 13.1. The van der Waals surface area contributed by atoms with Gasteiger partial charge in [-0.05, 0) is 54.6 Å². The quantitative estimate of drug-likeness (QED) is 0.316. The van der Waals surface area contributed by atoms with Gasteiger partial charge >= 0.3 is 0 Å². The number of aromatic nitrogens is 2. The van der Waals surface area contributed by atoms with Gasteiger partial charge in [0.15, 0.2) is 5.13 Å². The number of pyridine rings is 1. The molecule has 0 N–H and O–H groups in total. The number of fused-ring (bicyclic) bond motifs is 1. The Morgan fingerprint density at radius 2 is 1.83 bits per heavy atom. The van der Waals surface area contributed by atoms with E-state index >= 15 is 0 Å². The first-order chi connectivity index (χ1) is 14.1. The second-order valence-corrected chi connectivity index (χ2v) is 9.08. The van der Waals surface area contributed by atoms with Crippen molar-refractivity contribution in [2.45, 2.75) is 11.4 Å². The molecule has 0 aliphatic carbocycles. The monoisotopic (exact) mass is 459 g/mol. The highest BCUT2D eigenvalue weighted by atomic mass is 35.5. The van der Waals surface area contributed by atoms with E-state index in [1.54, 1.807) is 17.2 Å². The molecule has 0 atom stereocenters. The number of carbonyl (C=O) groups is 1. The van der Waals surface area contributed by atoms with Crippen LogP contribution in [0.1, 0.15) is 5.69 Å². The molecule has 4 nitrogen and oxygen atoms in total. The van der Waals surface area contributed by atoms with Crippen molar-refractivity contribution in [2.75, 3.05) is 10.7 Å². The van der Waals surface area contributed by atoms with Crippen molar-refractivity contribution in [2.24, 2.45) is 0 Å². The molecule has 2 aromatic carbocycles. The van der Waals surface area contributed by atoms with Gasteiger partial charge in [0.25, 0.3) is 0 Å². The van der Waals surface area contributed by atoms with Crippen LogP contribution in [-0.4, -0.2) is 21.6 Å². The van der Waals surface area contributed by atoms with Crippen LogP contribution in [0.25, 0.3) is 10.2 Å². The van der Waals surface area contributed by atoms with Crippen molar-refractivity contribution in [1.82, 2.24) is 9.97 Å². The van der Waals surface area contributed by atoms with E-state index in [1.807, 2.05) is 54.6 Å². The predicted octanol–water partition coefficient (Wildman–Crippen LogP) is 6.32. The van der Waals surface area contributed by atoms with Gasteiger partial charge in [-0.3, -0.25) is 14.7 Å². The number of benzene rings is 2. The Morgan fingerprint density at radius 3 is 2.59 bits per heavy atom. The summed E-state index contributed by atoms with van der Waals surface area (Å²) >= 11 is 15.0. The van der Waals surface area contributed by atoms with E-state index in [9.17, 15) is 4.79 Å². The average Bonchev–Trinajstić information content (AvgIpc) is 3.15. The molecule has 0 radical (unpaired) electrons. The molecule has 0 spiro atoms. The highest BCUT2D eigenvalue weighted by Crippen LogP contribution is 2.32. The van der Waals surface area contributed by atoms with E-state index in [0.29, 0.717) is 21.7 Å². The van der Waals surface area contributed by atoms with Crippen molar-refractivity contribution in [3.05, 3.63) is 82.6 Å². The van der Waals surface area contributed by atoms with Crippen molar-refractivity contribution in [1.29, 1.82) is 0 Å². The average molecular weight is 460 g/mol. The lowest BCUT2D eigenvalue weighted by Crippen LogP contribution is -2.32. The summed E-state index contributed by atoms with van der Waals surface area (Å²) in [4.78, 5) is 24.8. The molecule has 0 bridgehead atoms. The van der Waals surface area contributed by atoms with Gasteiger partial charge in [-0.25, -0.2) is 4.98 Å². The third-order valence-corrected chi connectivity index (χ3v) is 6.62. The smallest absolute Gasteiger partial charge is 0.239 e. The largest absolute Gasteiger partial charge is 0.281 e. The van der Waals surface area contributed by atoms with Gasteiger partial charge in [0.1, 0.15) is 0 Å². The minimum absolute atomic E-state index is 0.0410. The molecule has 146 valence electrons. The number of anilines is 1. The van der Waals surface area contributed by atoms with Gasteiger partial charge in [0, 0.05) is 21.1 Å². The molecule has 0 aliphatic rings. The Hall–Kier alpha value is -2.12. The predicted molar refractivity (Wildman–Crippen MR) is 122 cm³/mol. The SMILES string of the molecule is O=C(CSc1ccc(Cl)cc1)N(Cc1ccccn1)c1nc2ccc(Cl)cc2s1. The highest BCUT2D eigenvalue weighted by molar-refractivity contribution is 8.00. The van der Waals surface area contributed by atoms with E-state index in [2.05, 4.69) is 9.97 Å². The fourth-order valence-electron chi connectivity index (χ4n) is 2.67. The molecule has 2 heterocycles. The molecule has 4 aromatic rings. The number of hydrogen-bond acceptors (Lipinski definition) is 5. The molecule has 0 unspecified atom stereocenters. The summed E-state index contributed by atoms with van der Waals surface area (Å²) in [5.41, 5.74) is 1.62. The zero-order valence-electron chi connectivity index (χ0n) is 15.1. The first kappa shape index (κ1) is 20.2. The lowest BCUT2D eigenvalue weighted by Gasteiger charge is -2.19. The normalized spacial score (nSPS) is 11.0. The van der Waals surface area contributed by atoms with E-state index < -0.39 is 0 Å². The number of halogens is 2. The summed E-state index contributed by atoms with van der Waals surface area (Å²) in [6, 6.07) is 18.6. The Balaban J connectivity index is 1.59. The molecular weight excluding hydrogens is 445 g/mol. The lowest BCUT2D eigenvalue weighted by molar-refractivity contribution is -0.116. The summed E-state index contributed by atoms with van der Waals surface area (Å²) in [6.07, 6.45) is 1.72. The standard InChI is InChI=1S/C21H15Cl2N3OS2/c22-14-4-7-17(8-5-14)28-13-20(27)26(12-16-3-1-2-10-24-16)21-25-18-9-6-15(23)11-19(18)29-21/h1-11H,12-13H2. The summed E-state index contributed by atoms with van der Waals surface area (Å²) in [7, 11) is 0. The Kier molecular flexibility index (Phi) is 6.35. The summed E-state index contributed by atoms with van der Waals surface area (Å²) in [5, 5.41) is 1.95. The fourth-order valence-corrected chi connectivity index (χ4v) is 4.83. The Labute approximate surface area is 186 Å². The van der Waals surface area contributed by atoms with E-state index in [-0.39, 0.29) is 11.7 Å². The number of carbonyl (C=O) groups excluding carboxylic acids is 1. The highest BCUT2D eigenvalue weighted by Gasteiger charge is 2.21. The number of rotatable bonds is 6. The number of thiazole rings is 1. The van der Waals surface area contributed by atoms with Gasteiger partial charge in [0.2, 0.25) is 5.91 Å². The van der Waals surface area contributed by atoms with Crippen LogP contribution in [0.3, 0.4) is 0 Å². The molecule has 29 heavy (non-hydrogen) atoms. The van der Waals surface area contributed by atoms with Crippen LogP contribution in [0.2, 0.25) is 10.0 Å². The first-order valence-corrected chi connectivity index (χ1v) is 11.3. The van der Waals surface area contributed by atoms with Crippen LogP contribution < -0.4 is 4.90 Å². The summed E-state index contributed by atoms with van der Waals surface area (Å²) < 4.78 is 0.941. The molecule has 0 saturated carbocycles. The van der Waals surface area contributed by atoms with Gasteiger partial charge in [-0.15, -0.1) is 11.8 Å². The molecular formula is C21H15Cl2N3OS2. The van der Waals surface area contributed by atoms with Crippen LogP contribution in [0.4, 0.5) is 5.13 Å². The van der Waals surface area contributed by atoms with Crippen LogP contribution >= 0.6 is 46.3 Å². The molecule has 0 fully saturated rings. The third kappa shape index (κ3) is 5.08. The topological polar surface area (TPSA) is 46.1 Å². The molecule has 8 heteroatoms. The van der Waals surface area contributed by atoms with E-state index in [1.165, 1.54) is 23.1 Å². The van der Waals surface area contributed by atoms with Crippen LogP contribution in [0.15, 0.2) is 71.8 Å². The van der Waals surface area contributed by atoms with Crippen molar-refractivity contribution < 1.29 is 4.79 Å². The number of amides is 1. The maximum absolute atomic E-state index is 13.1. The first-order valence-electron chi connectivity index (χ1n) is 8.73. The van der Waals surface area contributed by atoms with Crippen molar-refractivity contribution >= 4 is 67.6 Å². The molecule has 2 aromatic heterocycles. The molecule has 0 saturated heterocycles. The minimum atomic E-state index is -0.0410. The third-order valence-electron chi connectivity index (χ3n) is 4.09. The van der Waals surface area contributed by atoms with E-state index in [4.69, 9.17) is 23.2 Å². The number of hydrogen-bond donors (Lipinski definition) is 0. The zero-order chi connectivity index (χ0) is 20.2. The van der Waals surface area contributed by atoms with Crippen LogP contribution in [0, 0.1) is 0 Å². The van der Waals surface area contributed by atoms with Gasteiger partial charge in [-0.1, -0.05) is 40.6 Å². The fraction of sp³-hybridized carbons (Fsp3) is 0.0952. The molecule has 1 amide bonds. The van der Waals surface area contributed by atoms with Crippen LogP contribution in [0.5, 0.6) is 0 Å². The molecule has 0 aliphatic heterocycles. The van der Waals surface area contributed by atoms with Crippen LogP contribution in [-0.2, 0) is 11.3 Å². The number of nitrogens with zero attached hydrogens (tertiary/aromatic N) is 3. The Bertz CT molecular complexity index is 1130. The van der Waals surface area contributed by atoms with Gasteiger partial charge < -0.3 is 0 Å². The second-order valence-electron chi connectivity index (χ2n) is 6.15. The zero-order valence-corrected chi connectivity index (χ0v) is 18.2. The van der Waals surface area contributed by atoms with Crippen molar-refractivity contribution in [3.63, 3.8) is 0 Å². The maximum Gasteiger partial charge on any atom is 0.239 e. The van der Waals surface area contributed by atoms with Crippen molar-refractivity contribution in [3.8, 4) is 0 Å². The molecule has 4 rings (SSSR count). The summed E-state index contributed by atoms with van der Waals surface area (Å²) in [5.74, 6) is 0.242. The summed E-state index contributed by atoms with van der Waals surface area (Å²) in [6.45, 7) is 0.356. The lowest BCUT2D eigenvalue weighted by atomic mass is 10.3.